The van der Waals surface area contributed by atoms with Crippen molar-refractivity contribution in [3.05, 3.63) is 58.3 Å². The van der Waals surface area contributed by atoms with Crippen molar-refractivity contribution in [3.63, 3.8) is 0 Å². The lowest BCUT2D eigenvalue weighted by Gasteiger charge is -2.21. The molecule has 3 rings (SSSR count). The third-order valence-electron chi connectivity index (χ3n) is 4.62. The summed E-state index contributed by atoms with van der Waals surface area (Å²) >= 11 is 3.41. The largest absolute Gasteiger partial charge is 0.451 e. The summed E-state index contributed by atoms with van der Waals surface area (Å²) in [6, 6.07) is 11.5. The van der Waals surface area contributed by atoms with Crippen LogP contribution in [0.25, 0.3) is 11.0 Å². The van der Waals surface area contributed by atoms with Crippen molar-refractivity contribution < 1.29 is 17.6 Å². The van der Waals surface area contributed by atoms with Crippen LogP contribution in [-0.4, -0.2) is 31.7 Å². The summed E-state index contributed by atoms with van der Waals surface area (Å²) in [5.74, 6) is -0.163. The Bertz CT molecular complexity index is 1130. The first kappa shape index (κ1) is 20.6. The molecule has 1 N–H and O–H groups in total. The second-order valence-electron chi connectivity index (χ2n) is 6.79. The molecular formula is C20H21BrN2O4S. The summed E-state index contributed by atoms with van der Waals surface area (Å²) in [6.45, 7) is 5.44. The highest BCUT2D eigenvalue weighted by molar-refractivity contribution is 9.10. The molecule has 0 radical (unpaired) electrons. The lowest BCUT2D eigenvalue weighted by atomic mass is 10.1. The molecular weight excluding hydrogens is 444 g/mol. The van der Waals surface area contributed by atoms with Gasteiger partial charge in [-0.3, -0.25) is 4.79 Å². The molecule has 2 aromatic carbocycles. The molecule has 0 aliphatic carbocycles. The van der Waals surface area contributed by atoms with Crippen molar-refractivity contribution in [1.82, 2.24) is 4.31 Å². The molecule has 0 unspecified atom stereocenters. The minimum atomic E-state index is -3.57. The van der Waals surface area contributed by atoms with Crippen LogP contribution in [0.4, 0.5) is 5.69 Å². The first-order valence-electron chi connectivity index (χ1n) is 8.69. The summed E-state index contributed by atoms with van der Waals surface area (Å²) in [7, 11) is -2.03. The van der Waals surface area contributed by atoms with Crippen LogP contribution >= 0.6 is 15.9 Å². The van der Waals surface area contributed by atoms with E-state index in [4.69, 9.17) is 4.42 Å². The maximum absolute atomic E-state index is 12.6. The molecule has 3 aromatic rings. The van der Waals surface area contributed by atoms with E-state index in [1.165, 1.54) is 16.4 Å². The fraction of sp³-hybridized carbons (Fsp3) is 0.250. The van der Waals surface area contributed by atoms with Crippen LogP contribution in [0, 0.1) is 6.92 Å². The molecule has 0 fully saturated rings. The maximum atomic E-state index is 12.6. The monoisotopic (exact) mass is 464 g/mol. The molecule has 28 heavy (non-hydrogen) atoms. The minimum absolute atomic E-state index is 0.152. The molecule has 1 aromatic heterocycles. The number of carbonyl (C=O) groups excluding carboxylic acids is 1. The predicted molar refractivity (Wildman–Crippen MR) is 113 cm³/mol. The van der Waals surface area contributed by atoms with E-state index in [9.17, 15) is 13.2 Å². The fourth-order valence-corrected chi connectivity index (χ4v) is 4.48. The van der Waals surface area contributed by atoms with Crippen molar-refractivity contribution in [2.24, 2.45) is 0 Å². The normalized spacial score (nSPS) is 12.1. The molecule has 1 amide bonds. The number of anilines is 1. The quantitative estimate of drug-likeness (QED) is 0.588. The number of nitrogens with one attached hydrogen (secondary N) is 1. The number of aryl methyl sites for hydroxylation is 1. The standard InChI is InChI=1S/C20H21BrN2O4S/c1-12(2)23(4)28(25,26)16-8-6-15(7-9-16)22-20(24)19-13(3)17-11-14(21)5-10-18(17)27-19/h5-12H,1-4H3,(H,22,24). The Morgan fingerprint density at radius 3 is 2.39 bits per heavy atom. The van der Waals surface area contributed by atoms with Gasteiger partial charge in [0.15, 0.2) is 5.76 Å². The van der Waals surface area contributed by atoms with Crippen molar-refractivity contribution in [2.75, 3.05) is 12.4 Å². The van der Waals surface area contributed by atoms with E-state index in [1.54, 1.807) is 39.1 Å². The van der Waals surface area contributed by atoms with Crippen LogP contribution in [0.1, 0.15) is 30.0 Å². The number of nitrogens with zero attached hydrogens (tertiary/aromatic N) is 1. The number of hydrogen-bond donors (Lipinski definition) is 1. The van der Waals surface area contributed by atoms with E-state index in [0.717, 1.165) is 15.4 Å². The van der Waals surface area contributed by atoms with Crippen LogP contribution in [0.3, 0.4) is 0 Å². The van der Waals surface area contributed by atoms with E-state index in [0.29, 0.717) is 11.3 Å². The highest BCUT2D eigenvalue weighted by atomic mass is 79.9. The second-order valence-corrected chi connectivity index (χ2v) is 9.70. The fourth-order valence-electron chi connectivity index (χ4n) is 2.75. The molecule has 8 heteroatoms. The van der Waals surface area contributed by atoms with Gasteiger partial charge in [-0.1, -0.05) is 15.9 Å². The minimum Gasteiger partial charge on any atom is -0.451 e. The van der Waals surface area contributed by atoms with Crippen LogP contribution in [0.15, 0.2) is 56.2 Å². The average Bonchev–Trinajstić information content (AvgIpc) is 2.97. The van der Waals surface area contributed by atoms with Gasteiger partial charge in [0.1, 0.15) is 5.58 Å². The van der Waals surface area contributed by atoms with Crippen LogP contribution in [0.5, 0.6) is 0 Å². The van der Waals surface area contributed by atoms with Gasteiger partial charge in [0.05, 0.1) is 4.90 Å². The molecule has 0 spiro atoms. The zero-order valence-corrected chi connectivity index (χ0v) is 18.4. The van der Waals surface area contributed by atoms with Crippen molar-refractivity contribution in [3.8, 4) is 0 Å². The first-order valence-corrected chi connectivity index (χ1v) is 10.9. The number of fused-ring (bicyclic) bond motifs is 1. The molecule has 0 aliphatic rings. The summed E-state index contributed by atoms with van der Waals surface area (Å²) in [5, 5.41) is 3.61. The van der Waals surface area contributed by atoms with Gasteiger partial charge in [0.2, 0.25) is 10.0 Å². The molecule has 0 saturated carbocycles. The second kappa shape index (κ2) is 7.69. The van der Waals surface area contributed by atoms with E-state index in [-0.39, 0.29) is 22.6 Å². The SMILES string of the molecule is Cc1c(C(=O)Nc2ccc(S(=O)(=O)N(C)C(C)C)cc2)oc2ccc(Br)cc12. The smallest absolute Gasteiger partial charge is 0.291 e. The van der Waals surface area contributed by atoms with Crippen LogP contribution in [-0.2, 0) is 10.0 Å². The van der Waals surface area contributed by atoms with Crippen LogP contribution < -0.4 is 5.32 Å². The highest BCUT2D eigenvalue weighted by Crippen LogP contribution is 2.28. The van der Waals surface area contributed by atoms with Gasteiger partial charge in [0, 0.05) is 34.2 Å². The zero-order chi connectivity index (χ0) is 20.6. The maximum Gasteiger partial charge on any atom is 0.291 e. The Labute approximate surface area is 172 Å². The van der Waals surface area contributed by atoms with Gasteiger partial charge in [-0.15, -0.1) is 0 Å². The lowest BCUT2D eigenvalue weighted by Crippen LogP contribution is -2.33. The van der Waals surface area contributed by atoms with Gasteiger partial charge in [0.25, 0.3) is 5.91 Å². The number of sulfonamides is 1. The van der Waals surface area contributed by atoms with Crippen molar-refractivity contribution in [2.45, 2.75) is 31.7 Å². The van der Waals surface area contributed by atoms with Crippen LogP contribution in [0.2, 0.25) is 0 Å². The van der Waals surface area contributed by atoms with Gasteiger partial charge >= 0.3 is 0 Å². The zero-order valence-electron chi connectivity index (χ0n) is 16.0. The molecule has 0 saturated heterocycles. The van der Waals surface area contributed by atoms with E-state index >= 15 is 0 Å². The van der Waals surface area contributed by atoms with Gasteiger partial charge in [-0.25, -0.2) is 8.42 Å². The summed E-state index contributed by atoms with van der Waals surface area (Å²) in [5.41, 5.74) is 1.85. The lowest BCUT2D eigenvalue weighted by molar-refractivity contribution is 0.0998. The number of rotatable bonds is 5. The molecule has 0 atom stereocenters. The number of furan rings is 1. The predicted octanol–water partition coefficient (Wildman–Crippen LogP) is 4.78. The number of halogens is 1. The topological polar surface area (TPSA) is 79.6 Å². The van der Waals surface area contributed by atoms with E-state index < -0.39 is 10.0 Å². The number of benzene rings is 2. The van der Waals surface area contributed by atoms with Gasteiger partial charge in [-0.2, -0.15) is 4.31 Å². The molecule has 0 bridgehead atoms. The number of carbonyl (C=O) groups is 1. The Balaban J connectivity index is 1.83. The first-order chi connectivity index (χ1) is 13.1. The van der Waals surface area contributed by atoms with Gasteiger partial charge < -0.3 is 9.73 Å². The van der Waals surface area contributed by atoms with E-state index in [2.05, 4.69) is 21.2 Å². The average molecular weight is 465 g/mol. The third kappa shape index (κ3) is 3.85. The third-order valence-corrected chi connectivity index (χ3v) is 7.16. The molecule has 0 aliphatic heterocycles. The molecule has 148 valence electrons. The molecule has 6 nitrogen and oxygen atoms in total. The Morgan fingerprint density at radius 1 is 1.14 bits per heavy atom. The Morgan fingerprint density at radius 2 is 1.79 bits per heavy atom. The number of amides is 1. The van der Waals surface area contributed by atoms with Gasteiger partial charge in [-0.05, 0) is 63.2 Å². The summed E-state index contributed by atoms with van der Waals surface area (Å²) in [6.07, 6.45) is 0. The number of hydrogen-bond acceptors (Lipinski definition) is 4. The summed E-state index contributed by atoms with van der Waals surface area (Å²) < 4.78 is 32.9. The molecule has 1 heterocycles. The Kier molecular flexibility index (Phi) is 5.65. The van der Waals surface area contributed by atoms with Crippen molar-refractivity contribution in [1.29, 1.82) is 0 Å². The summed E-state index contributed by atoms with van der Waals surface area (Å²) in [4.78, 5) is 12.8. The van der Waals surface area contributed by atoms with E-state index in [1.807, 2.05) is 19.1 Å². The Hall–Kier alpha value is -2.16. The van der Waals surface area contributed by atoms with Crippen molar-refractivity contribution >= 4 is 48.5 Å². The highest BCUT2D eigenvalue weighted by Gasteiger charge is 2.23.